The first-order valence-electron chi connectivity index (χ1n) is 10.0. The van der Waals surface area contributed by atoms with Gasteiger partial charge in [-0.1, -0.05) is 59.7 Å². The summed E-state index contributed by atoms with van der Waals surface area (Å²) in [6.07, 6.45) is 1.65. The first-order chi connectivity index (χ1) is 15.1. The smallest absolute Gasteiger partial charge is 0.274 e. The number of hydrogen-bond donors (Lipinski definition) is 1. The van der Waals surface area contributed by atoms with Gasteiger partial charge in [-0.05, 0) is 19.4 Å². The highest BCUT2D eigenvalue weighted by molar-refractivity contribution is 7.14. The average Bonchev–Trinajstić information content (AvgIpc) is 3.48. The molecule has 0 saturated carbocycles. The van der Waals surface area contributed by atoms with Crippen LogP contribution in [0.25, 0.3) is 22.4 Å². The summed E-state index contributed by atoms with van der Waals surface area (Å²) in [5.41, 5.74) is 7.53. The van der Waals surface area contributed by atoms with Crippen molar-refractivity contribution in [3.63, 3.8) is 0 Å². The van der Waals surface area contributed by atoms with E-state index in [0.717, 1.165) is 22.3 Å². The summed E-state index contributed by atoms with van der Waals surface area (Å²) in [6.45, 7) is 4.70. The second-order valence-electron chi connectivity index (χ2n) is 7.63. The van der Waals surface area contributed by atoms with Crippen LogP contribution in [0.2, 0.25) is 0 Å². The maximum Gasteiger partial charge on any atom is 0.274 e. The van der Waals surface area contributed by atoms with Crippen LogP contribution in [0.4, 0.5) is 5.13 Å². The Bertz CT molecular complexity index is 1360. The fraction of sp³-hybridized carbons (Fsp3) is 0.120. The van der Waals surface area contributed by atoms with Crippen LogP contribution in [0.5, 0.6) is 0 Å². The van der Waals surface area contributed by atoms with E-state index in [1.165, 1.54) is 22.5 Å². The number of fused-ring (bicyclic) bond motifs is 1. The number of carbonyl (C=O) groups is 1. The maximum absolute atomic E-state index is 13.1. The zero-order valence-electron chi connectivity index (χ0n) is 17.3. The molecule has 0 aliphatic heterocycles. The normalized spacial score (nSPS) is 11.2. The minimum absolute atomic E-state index is 0.205. The molecule has 1 amide bonds. The third kappa shape index (κ3) is 3.90. The minimum atomic E-state index is -0.205. The van der Waals surface area contributed by atoms with Gasteiger partial charge in [-0.15, -0.1) is 11.3 Å². The van der Waals surface area contributed by atoms with Crippen LogP contribution in [-0.2, 0) is 6.54 Å². The van der Waals surface area contributed by atoms with Crippen LogP contribution < -0.4 is 5.32 Å². The number of benzene rings is 2. The lowest BCUT2D eigenvalue weighted by atomic mass is 10.1. The molecule has 3 heterocycles. The molecule has 0 aliphatic carbocycles. The molecule has 0 saturated heterocycles. The lowest BCUT2D eigenvalue weighted by molar-refractivity contribution is 0.101. The number of rotatable bonds is 5. The quantitative estimate of drug-likeness (QED) is 0.359. The van der Waals surface area contributed by atoms with Gasteiger partial charge in [0.25, 0.3) is 5.91 Å². The zero-order valence-corrected chi connectivity index (χ0v) is 18.1. The highest BCUT2D eigenvalue weighted by Crippen LogP contribution is 2.27. The first-order valence-corrected chi connectivity index (χ1v) is 10.9. The fourth-order valence-corrected chi connectivity index (χ4v) is 4.28. The number of anilines is 1. The van der Waals surface area contributed by atoms with Gasteiger partial charge in [0.2, 0.25) is 0 Å². The molecule has 0 radical (unpaired) electrons. The van der Waals surface area contributed by atoms with E-state index in [1.807, 2.05) is 28.1 Å². The lowest BCUT2D eigenvalue weighted by Crippen LogP contribution is -2.17. The molecule has 5 rings (SSSR count). The van der Waals surface area contributed by atoms with Crippen LogP contribution >= 0.6 is 11.3 Å². The molecule has 0 aliphatic rings. The molecule has 2 aromatic carbocycles. The molecule has 31 heavy (non-hydrogen) atoms. The van der Waals surface area contributed by atoms with Crippen LogP contribution in [0.1, 0.15) is 27.2 Å². The van der Waals surface area contributed by atoms with Gasteiger partial charge in [-0.25, -0.2) is 4.98 Å². The van der Waals surface area contributed by atoms with Crippen LogP contribution in [0, 0.1) is 13.8 Å². The number of aromatic nitrogens is 2. The van der Waals surface area contributed by atoms with E-state index in [2.05, 4.69) is 60.5 Å². The highest BCUT2D eigenvalue weighted by Gasteiger charge is 2.19. The Morgan fingerprint density at radius 1 is 1.03 bits per heavy atom. The van der Waals surface area contributed by atoms with Gasteiger partial charge in [-0.2, -0.15) is 0 Å². The number of aryl methyl sites for hydroxylation is 2. The monoisotopic (exact) mass is 427 g/mol. The van der Waals surface area contributed by atoms with Gasteiger partial charge in [0.1, 0.15) is 5.69 Å². The summed E-state index contributed by atoms with van der Waals surface area (Å²) in [5, 5.41) is 5.48. The van der Waals surface area contributed by atoms with Crippen molar-refractivity contribution in [1.82, 2.24) is 9.55 Å². The number of furan rings is 1. The molecular weight excluding hydrogens is 406 g/mol. The Morgan fingerprint density at radius 2 is 1.74 bits per heavy atom. The van der Waals surface area contributed by atoms with Crippen LogP contribution in [0.15, 0.2) is 76.7 Å². The fourth-order valence-electron chi connectivity index (χ4n) is 3.56. The van der Waals surface area contributed by atoms with Crippen molar-refractivity contribution in [3.05, 3.63) is 94.7 Å². The molecule has 0 bridgehead atoms. The predicted molar refractivity (Wildman–Crippen MR) is 125 cm³/mol. The lowest BCUT2D eigenvalue weighted by Gasteiger charge is -2.10. The van der Waals surface area contributed by atoms with Crippen LogP contribution in [-0.4, -0.2) is 15.5 Å². The van der Waals surface area contributed by atoms with Crippen LogP contribution in [0.3, 0.4) is 0 Å². The molecule has 0 spiro atoms. The SMILES string of the molecule is Cc1ccc(Cn2c(C(=O)Nc3nc(-c4ccc(C)cc4)cs3)cc3occc32)cc1. The second-order valence-corrected chi connectivity index (χ2v) is 8.49. The molecule has 1 N–H and O–H groups in total. The third-order valence-corrected chi connectivity index (χ3v) is 6.05. The van der Waals surface area contributed by atoms with Crippen molar-refractivity contribution < 1.29 is 9.21 Å². The predicted octanol–water partition coefficient (Wildman–Crippen LogP) is 6.28. The molecule has 154 valence electrons. The molecular formula is C25H21N3O2S. The Balaban J connectivity index is 1.42. The second kappa shape index (κ2) is 7.89. The van der Waals surface area contributed by atoms with E-state index < -0.39 is 0 Å². The minimum Gasteiger partial charge on any atom is -0.463 e. The van der Waals surface area contributed by atoms with Gasteiger partial charge in [-0.3, -0.25) is 10.1 Å². The molecule has 5 nitrogen and oxygen atoms in total. The van der Waals surface area contributed by atoms with E-state index in [9.17, 15) is 4.79 Å². The molecule has 0 unspecified atom stereocenters. The van der Waals surface area contributed by atoms with E-state index in [0.29, 0.717) is 23.0 Å². The number of hydrogen-bond acceptors (Lipinski definition) is 4. The van der Waals surface area contributed by atoms with E-state index in [-0.39, 0.29) is 5.91 Å². The maximum atomic E-state index is 13.1. The first kappa shape index (κ1) is 19.3. The summed E-state index contributed by atoms with van der Waals surface area (Å²) in [5.74, 6) is -0.205. The van der Waals surface area contributed by atoms with Gasteiger partial charge < -0.3 is 8.98 Å². The van der Waals surface area contributed by atoms with Gasteiger partial charge in [0.05, 0.1) is 17.5 Å². The van der Waals surface area contributed by atoms with Crippen molar-refractivity contribution in [3.8, 4) is 11.3 Å². The molecule has 5 aromatic rings. The van der Waals surface area contributed by atoms with E-state index >= 15 is 0 Å². The molecule has 3 aromatic heterocycles. The summed E-state index contributed by atoms with van der Waals surface area (Å²) < 4.78 is 7.53. The Kier molecular flexibility index (Phi) is 4.92. The number of nitrogens with one attached hydrogen (secondary N) is 1. The van der Waals surface area contributed by atoms with Crippen molar-refractivity contribution in [1.29, 1.82) is 0 Å². The number of nitrogens with zero attached hydrogens (tertiary/aromatic N) is 2. The van der Waals surface area contributed by atoms with Gasteiger partial charge >= 0.3 is 0 Å². The summed E-state index contributed by atoms with van der Waals surface area (Å²) in [4.78, 5) is 17.7. The molecule has 6 heteroatoms. The highest BCUT2D eigenvalue weighted by atomic mass is 32.1. The Morgan fingerprint density at radius 3 is 2.48 bits per heavy atom. The van der Waals surface area contributed by atoms with Gasteiger partial charge in [0, 0.05) is 29.6 Å². The summed E-state index contributed by atoms with van der Waals surface area (Å²) in [6, 6.07) is 20.2. The molecule has 0 fully saturated rings. The standard InChI is InChI=1S/C25H21N3O2S/c1-16-3-7-18(8-4-16)14-28-21-11-12-30-23(21)13-22(28)24(29)27-25-26-20(15-31-25)19-9-5-17(2)6-10-19/h3-13,15H,14H2,1-2H3,(H,26,27,29). The van der Waals surface area contributed by atoms with Crippen molar-refractivity contribution in [2.24, 2.45) is 0 Å². The molecule has 0 atom stereocenters. The number of thiazole rings is 1. The van der Waals surface area contributed by atoms with Crippen molar-refractivity contribution >= 4 is 33.5 Å². The summed E-state index contributed by atoms with van der Waals surface area (Å²) >= 11 is 1.42. The van der Waals surface area contributed by atoms with E-state index in [1.54, 1.807) is 12.3 Å². The van der Waals surface area contributed by atoms with E-state index in [4.69, 9.17) is 4.42 Å². The average molecular weight is 428 g/mol. The third-order valence-electron chi connectivity index (χ3n) is 5.29. The van der Waals surface area contributed by atoms with Crippen molar-refractivity contribution in [2.75, 3.05) is 5.32 Å². The van der Waals surface area contributed by atoms with Gasteiger partial charge in [0.15, 0.2) is 10.7 Å². The number of carbonyl (C=O) groups excluding carboxylic acids is 1. The zero-order chi connectivity index (χ0) is 21.4. The number of amides is 1. The Hall–Kier alpha value is -3.64. The van der Waals surface area contributed by atoms with Crippen molar-refractivity contribution in [2.45, 2.75) is 20.4 Å². The topological polar surface area (TPSA) is 60.1 Å². The Labute approximate surface area is 184 Å². The largest absolute Gasteiger partial charge is 0.463 e. The summed E-state index contributed by atoms with van der Waals surface area (Å²) in [7, 11) is 0.